The molecule has 0 amide bonds. The molecule has 0 aliphatic heterocycles. The molecule has 146 valence electrons. The van der Waals surface area contributed by atoms with Crippen molar-refractivity contribution < 1.29 is 23.8 Å². The zero-order valence-corrected chi connectivity index (χ0v) is 16.5. The minimum absolute atomic E-state index is 0.228. The minimum Gasteiger partial charge on any atom is -0.464 e. The first-order chi connectivity index (χ1) is 11.9. The predicted molar refractivity (Wildman–Crippen MR) is 96.2 cm³/mol. The van der Waals surface area contributed by atoms with Gasteiger partial charge in [0.1, 0.15) is 13.2 Å². The van der Waals surface area contributed by atoms with Gasteiger partial charge in [-0.3, -0.25) is 14.5 Å². The Morgan fingerprint density at radius 3 is 1.80 bits per heavy atom. The minimum atomic E-state index is -0.385. The van der Waals surface area contributed by atoms with Crippen LogP contribution in [-0.4, -0.2) is 62.4 Å². The largest absolute Gasteiger partial charge is 0.464 e. The topological polar surface area (TPSA) is 65.1 Å². The molecule has 0 saturated heterocycles. The zero-order valence-electron chi connectivity index (χ0n) is 16.5. The fourth-order valence-electron chi connectivity index (χ4n) is 3.50. The normalized spacial score (nSPS) is 21.0. The monoisotopic (exact) mass is 357 g/mol. The molecule has 0 bridgehead atoms. The summed E-state index contributed by atoms with van der Waals surface area (Å²) in [5, 5.41) is 0. The number of esters is 2. The second-order valence-electron chi connectivity index (χ2n) is 7.25. The summed E-state index contributed by atoms with van der Waals surface area (Å²) in [6.07, 6.45) is 3.28. The molecule has 0 radical (unpaired) electrons. The summed E-state index contributed by atoms with van der Waals surface area (Å²) in [5.41, 5.74) is 0. The maximum absolute atomic E-state index is 12.5. The second kappa shape index (κ2) is 11.5. The first-order valence-corrected chi connectivity index (χ1v) is 9.46. The van der Waals surface area contributed by atoms with Gasteiger partial charge in [-0.1, -0.05) is 12.8 Å². The molecule has 2 atom stereocenters. The van der Waals surface area contributed by atoms with E-state index >= 15 is 0 Å². The Morgan fingerprint density at radius 1 is 0.880 bits per heavy atom. The highest BCUT2D eigenvalue weighted by Crippen LogP contribution is 2.32. The van der Waals surface area contributed by atoms with Crippen molar-refractivity contribution in [1.82, 2.24) is 4.90 Å². The van der Waals surface area contributed by atoms with E-state index in [1.807, 2.05) is 0 Å². The number of hydrogen-bond donors (Lipinski definition) is 0. The lowest BCUT2D eigenvalue weighted by Crippen LogP contribution is -2.40. The summed E-state index contributed by atoms with van der Waals surface area (Å²) in [7, 11) is 1.56. The van der Waals surface area contributed by atoms with Gasteiger partial charge in [0.2, 0.25) is 0 Å². The van der Waals surface area contributed by atoms with E-state index in [0.717, 1.165) is 12.8 Å². The van der Waals surface area contributed by atoms with Gasteiger partial charge in [0, 0.05) is 25.7 Å². The highest BCUT2D eigenvalue weighted by molar-refractivity contribution is 5.82. The van der Waals surface area contributed by atoms with Crippen molar-refractivity contribution in [2.24, 2.45) is 11.8 Å². The summed E-state index contributed by atoms with van der Waals surface area (Å²) in [5.74, 6) is -1.33. The third-order valence-electron chi connectivity index (χ3n) is 4.82. The summed E-state index contributed by atoms with van der Waals surface area (Å²) in [4.78, 5) is 27.0. The van der Waals surface area contributed by atoms with Crippen molar-refractivity contribution >= 4 is 11.9 Å². The SMILES string of the molecule is COCCOC(=O)C1CCCCC1C(=O)OCCN(C(C)C)C(C)C. The molecule has 1 rings (SSSR count). The molecule has 0 aromatic carbocycles. The lowest BCUT2D eigenvalue weighted by molar-refractivity contribution is -0.163. The molecule has 0 aromatic rings. The van der Waals surface area contributed by atoms with E-state index in [9.17, 15) is 9.59 Å². The molecule has 0 aromatic heterocycles. The Kier molecular flexibility index (Phi) is 10.0. The van der Waals surface area contributed by atoms with Crippen molar-refractivity contribution in [3.05, 3.63) is 0 Å². The lowest BCUT2D eigenvalue weighted by atomic mass is 9.79. The highest BCUT2D eigenvalue weighted by atomic mass is 16.6. The van der Waals surface area contributed by atoms with Crippen LogP contribution < -0.4 is 0 Å². The lowest BCUT2D eigenvalue weighted by Gasteiger charge is -2.31. The Hall–Kier alpha value is -1.14. The molecular weight excluding hydrogens is 322 g/mol. The van der Waals surface area contributed by atoms with Gasteiger partial charge in [0.15, 0.2) is 0 Å². The van der Waals surface area contributed by atoms with Gasteiger partial charge in [-0.25, -0.2) is 0 Å². The van der Waals surface area contributed by atoms with Crippen molar-refractivity contribution in [3.8, 4) is 0 Å². The number of nitrogens with zero attached hydrogens (tertiary/aromatic N) is 1. The molecule has 0 N–H and O–H groups in total. The van der Waals surface area contributed by atoms with Gasteiger partial charge in [0.05, 0.1) is 18.4 Å². The van der Waals surface area contributed by atoms with Crippen LogP contribution in [0, 0.1) is 11.8 Å². The second-order valence-corrected chi connectivity index (χ2v) is 7.25. The molecule has 1 aliphatic rings. The molecular formula is C19H35NO5. The van der Waals surface area contributed by atoms with E-state index < -0.39 is 0 Å². The van der Waals surface area contributed by atoms with Crippen LogP contribution in [0.3, 0.4) is 0 Å². The van der Waals surface area contributed by atoms with E-state index in [-0.39, 0.29) is 30.4 Å². The standard InChI is InChI=1S/C19H35NO5/c1-14(2)20(15(3)4)10-11-24-18(21)16-8-6-7-9-17(16)19(22)25-13-12-23-5/h14-17H,6-13H2,1-5H3. The van der Waals surface area contributed by atoms with Crippen LogP contribution in [0.2, 0.25) is 0 Å². The van der Waals surface area contributed by atoms with Crippen molar-refractivity contribution in [2.45, 2.75) is 65.5 Å². The predicted octanol–water partition coefficient (Wildman–Crippen LogP) is 2.64. The van der Waals surface area contributed by atoms with Gasteiger partial charge in [-0.05, 0) is 40.5 Å². The van der Waals surface area contributed by atoms with Crippen LogP contribution in [0.5, 0.6) is 0 Å². The first-order valence-electron chi connectivity index (χ1n) is 9.46. The third-order valence-corrected chi connectivity index (χ3v) is 4.82. The number of ether oxygens (including phenoxy) is 3. The average Bonchev–Trinajstić information content (AvgIpc) is 2.57. The molecule has 1 fully saturated rings. The third kappa shape index (κ3) is 7.32. The van der Waals surface area contributed by atoms with Crippen molar-refractivity contribution in [1.29, 1.82) is 0 Å². The highest BCUT2D eigenvalue weighted by Gasteiger charge is 2.37. The average molecular weight is 357 g/mol. The number of carbonyl (C=O) groups is 2. The maximum atomic E-state index is 12.5. The van der Waals surface area contributed by atoms with Crippen molar-refractivity contribution in [3.63, 3.8) is 0 Å². The van der Waals surface area contributed by atoms with Crippen LogP contribution in [0.25, 0.3) is 0 Å². The number of carbonyl (C=O) groups excluding carboxylic acids is 2. The Morgan fingerprint density at radius 2 is 1.36 bits per heavy atom. The molecule has 0 heterocycles. The van der Waals surface area contributed by atoms with E-state index in [0.29, 0.717) is 44.7 Å². The summed E-state index contributed by atoms with van der Waals surface area (Å²) in [6.45, 7) is 10.2. The molecule has 1 aliphatic carbocycles. The molecule has 1 saturated carbocycles. The van der Waals surface area contributed by atoms with Crippen LogP contribution in [0.15, 0.2) is 0 Å². The van der Waals surface area contributed by atoms with E-state index in [2.05, 4.69) is 32.6 Å². The van der Waals surface area contributed by atoms with Gasteiger partial charge in [0.25, 0.3) is 0 Å². The van der Waals surface area contributed by atoms with Crippen molar-refractivity contribution in [2.75, 3.05) is 33.5 Å². The summed E-state index contributed by atoms with van der Waals surface area (Å²) in [6, 6.07) is 0.800. The number of methoxy groups -OCH3 is 1. The van der Waals surface area contributed by atoms with Gasteiger partial charge in [-0.15, -0.1) is 0 Å². The summed E-state index contributed by atoms with van der Waals surface area (Å²) < 4.78 is 15.6. The number of hydrogen-bond acceptors (Lipinski definition) is 6. The molecule has 6 nitrogen and oxygen atoms in total. The fourth-order valence-corrected chi connectivity index (χ4v) is 3.50. The maximum Gasteiger partial charge on any atom is 0.309 e. The Bertz CT molecular complexity index is 403. The van der Waals surface area contributed by atoms with Gasteiger partial charge < -0.3 is 14.2 Å². The Labute approximate surface area is 152 Å². The Balaban J connectivity index is 2.51. The van der Waals surface area contributed by atoms with Gasteiger partial charge >= 0.3 is 11.9 Å². The van der Waals surface area contributed by atoms with Gasteiger partial charge in [-0.2, -0.15) is 0 Å². The van der Waals surface area contributed by atoms with Crippen LogP contribution in [-0.2, 0) is 23.8 Å². The van der Waals surface area contributed by atoms with Crippen LogP contribution in [0.1, 0.15) is 53.4 Å². The van der Waals surface area contributed by atoms with E-state index in [1.165, 1.54) is 0 Å². The molecule has 0 spiro atoms. The van der Waals surface area contributed by atoms with Crippen LogP contribution >= 0.6 is 0 Å². The molecule has 25 heavy (non-hydrogen) atoms. The van der Waals surface area contributed by atoms with E-state index in [4.69, 9.17) is 14.2 Å². The molecule has 2 unspecified atom stereocenters. The van der Waals surface area contributed by atoms with Crippen LogP contribution in [0.4, 0.5) is 0 Å². The first kappa shape index (κ1) is 21.9. The number of rotatable bonds is 10. The fraction of sp³-hybridized carbons (Fsp3) is 0.895. The molecule has 6 heteroatoms. The smallest absolute Gasteiger partial charge is 0.309 e. The van der Waals surface area contributed by atoms with E-state index in [1.54, 1.807) is 7.11 Å². The summed E-state index contributed by atoms with van der Waals surface area (Å²) >= 11 is 0. The zero-order chi connectivity index (χ0) is 18.8. The quantitative estimate of drug-likeness (QED) is 0.442.